The van der Waals surface area contributed by atoms with Gasteiger partial charge in [0.05, 0.1) is 12.0 Å². The van der Waals surface area contributed by atoms with E-state index in [2.05, 4.69) is 0 Å². The molecule has 2 N–H and O–H groups in total. The summed E-state index contributed by atoms with van der Waals surface area (Å²) in [5.74, 6) is -0.994. The number of rotatable bonds is 0. The van der Waals surface area contributed by atoms with Gasteiger partial charge < -0.3 is 29.2 Å². The van der Waals surface area contributed by atoms with Crippen molar-refractivity contribution in [3.05, 3.63) is 0 Å². The van der Waals surface area contributed by atoms with E-state index in [0.29, 0.717) is 0 Å². The second-order valence-corrected chi connectivity index (χ2v) is 4.94. The van der Waals surface area contributed by atoms with Gasteiger partial charge in [0.25, 0.3) is 0 Å². The summed E-state index contributed by atoms with van der Waals surface area (Å²) in [5, 5.41) is 19.3. The lowest BCUT2D eigenvalue weighted by Crippen LogP contribution is -2.46. The van der Waals surface area contributed by atoms with Gasteiger partial charge in [0, 0.05) is 6.42 Å². The Kier molecular flexibility index (Phi) is 2.30. The van der Waals surface area contributed by atoms with Crippen molar-refractivity contribution in [2.45, 2.75) is 57.1 Å². The van der Waals surface area contributed by atoms with Crippen molar-refractivity contribution in [2.75, 3.05) is 0 Å². The Hall–Kier alpha value is -0.240. The molecule has 0 aromatic carbocycles. The summed E-state index contributed by atoms with van der Waals surface area (Å²) in [4.78, 5) is 0. The molecule has 0 spiro atoms. The molecule has 16 heavy (non-hydrogen) atoms. The lowest BCUT2D eigenvalue weighted by molar-refractivity contribution is -0.314. The molecular formula is C10H16O6. The lowest BCUT2D eigenvalue weighted by Gasteiger charge is -2.35. The van der Waals surface area contributed by atoms with Crippen LogP contribution in [-0.4, -0.2) is 47.1 Å². The highest BCUT2D eigenvalue weighted by Gasteiger charge is 2.59. The third-order valence-electron chi connectivity index (χ3n) is 3.23. The molecule has 3 rings (SSSR count). The van der Waals surface area contributed by atoms with Gasteiger partial charge >= 0.3 is 0 Å². The van der Waals surface area contributed by atoms with E-state index in [4.69, 9.17) is 18.9 Å². The van der Waals surface area contributed by atoms with Crippen LogP contribution in [0, 0.1) is 5.92 Å². The Bertz CT molecular complexity index is 293. The number of aliphatic hydroxyl groups excluding tert-OH is 2. The number of aliphatic hydroxyl groups is 2. The van der Waals surface area contributed by atoms with Crippen LogP contribution in [0.15, 0.2) is 0 Å². The average Bonchev–Trinajstić information content (AvgIpc) is 2.54. The lowest BCUT2D eigenvalue weighted by atomic mass is 9.92. The van der Waals surface area contributed by atoms with E-state index < -0.39 is 30.8 Å². The minimum Gasteiger partial charge on any atom is -0.392 e. The van der Waals surface area contributed by atoms with E-state index in [-0.39, 0.29) is 18.4 Å². The van der Waals surface area contributed by atoms with Crippen molar-refractivity contribution in [1.82, 2.24) is 0 Å². The highest BCUT2D eigenvalue weighted by Crippen LogP contribution is 2.45. The number of hydrogen-bond donors (Lipinski definition) is 2. The highest BCUT2D eigenvalue weighted by molar-refractivity contribution is 4.95. The molecule has 0 aromatic heterocycles. The third-order valence-corrected chi connectivity index (χ3v) is 3.23. The van der Waals surface area contributed by atoms with Crippen LogP contribution in [0.2, 0.25) is 0 Å². The van der Waals surface area contributed by atoms with Gasteiger partial charge in [-0.15, -0.1) is 0 Å². The summed E-state index contributed by atoms with van der Waals surface area (Å²) >= 11 is 0. The summed E-state index contributed by atoms with van der Waals surface area (Å²) in [6.07, 6.45) is -3.00. The van der Waals surface area contributed by atoms with Crippen LogP contribution >= 0.6 is 0 Å². The van der Waals surface area contributed by atoms with Crippen LogP contribution in [-0.2, 0) is 18.9 Å². The predicted molar refractivity (Wildman–Crippen MR) is 49.9 cm³/mol. The Morgan fingerprint density at radius 3 is 2.56 bits per heavy atom. The summed E-state index contributed by atoms with van der Waals surface area (Å²) in [6.45, 7) is 3.60. The van der Waals surface area contributed by atoms with Crippen molar-refractivity contribution in [3.63, 3.8) is 0 Å². The fourth-order valence-corrected chi connectivity index (χ4v) is 2.60. The molecule has 3 fully saturated rings. The van der Waals surface area contributed by atoms with Gasteiger partial charge in [-0.1, -0.05) is 0 Å². The van der Waals surface area contributed by atoms with Crippen LogP contribution < -0.4 is 0 Å². The Labute approximate surface area is 93.0 Å². The quantitative estimate of drug-likeness (QED) is 0.588. The van der Waals surface area contributed by atoms with E-state index >= 15 is 0 Å². The predicted octanol–water partition coefficient (Wildman–Crippen LogP) is -0.464. The number of ether oxygens (including phenoxy) is 4. The first-order chi connectivity index (χ1) is 7.46. The molecule has 0 saturated carbocycles. The van der Waals surface area contributed by atoms with Gasteiger partial charge in [0.2, 0.25) is 0 Å². The third kappa shape index (κ3) is 1.57. The van der Waals surface area contributed by atoms with Gasteiger partial charge in [-0.05, 0) is 13.8 Å². The van der Waals surface area contributed by atoms with Crippen LogP contribution in [0.4, 0.5) is 0 Å². The smallest absolute Gasteiger partial charge is 0.190 e. The van der Waals surface area contributed by atoms with E-state index in [0.717, 1.165) is 0 Å². The van der Waals surface area contributed by atoms with Crippen LogP contribution in [0.3, 0.4) is 0 Å². The zero-order valence-electron chi connectivity index (χ0n) is 9.20. The van der Waals surface area contributed by atoms with Crippen molar-refractivity contribution >= 4 is 0 Å². The highest BCUT2D eigenvalue weighted by atomic mass is 16.9. The van der Waals surface area contributed by atoms with Gasteiger partial charge in [0.15, 0.2) is 24.7 Å². The van der Waals surface area contributed by atoms with Crippen molar-refractivity contribution in [2.24, 2.45) is 5.92 Å². The topological polar surface area (TPSA) is 77.4 Å². The first-order valence-electron chi connectivity index (χ1n) is 5.49. The molecule has 92 valence electrons. The van der Waals surface area contributed by atoms with Gasteiger partial charge in [-0.3, -0.25) is 0 Å². The van der Waals surface area contributed by atoms with Crippen molar-refractivity contribution < 1.29 is 29.2 Å². The SMILES string of the molecule is CC1(C)O[C@@H]2O[C@H]3O[C@@H](O)C[C@@H](O)[C@@H]3[C@@H]2O1. The molecule has 3 aliphatic rings. The zero-order valence-corrected chi connectivity index (χ0v) is 9.20. The van der Waals surface area contributed by atoms with E-state index in [1.54, 1.807) is 13.8 Å². The summed E-state index contributed by atoms with van der Waals surface area (Å²) in [7, 11) is 0. The zero-order chi connectivity index (χ0) is 11.5. The van der Waals surface area contributed by atoms with Gasteiger partial charge in [-0.2, -0.15) is 0 Å². The Balaban J connectivity index is 1.80. The molecule has 0 radical (unpaired) electrons. The molecule has 6 heteroatoms. The molecule has 0 amide bonds. The number of hydrogen-bond acceptors (Lipinski definition) is 6. The summed E-state index contributed by atoms with van der Waals surface area (Å²) in [6, 6.07) is 0. The van der Waals surface area contributed by atoms with E-state index in [1.165, 1.54) is 0 Å². The standard InChI is InChI=1S/C10H16O6/c1-10(2)15-7-6-4(11)3-5(12)13-8(6)14-9(7)16-10/h4-9,11-12H,3H2,1-2H3/t4-,5-,6-,7+,8-,9+/m1/s1. The summed E-state index contributed by atoms with van der Waals surface area (Å²) < 4.78 is 21.9. The van der Waals surface area contributed by atoms with E-state index in [9.17, 15) is 10.2 Å². The van der Waals surface area contributed by atoms with Gasteiger partial charge in [0.1, 0.15) is 6.10 Å². The Morgan fingerprint density at radius 1 is 1.06 bits per heavy atom. The van der Waals surface area contributed by atoms with Crippen molar-refractivity contribution in [1.29, 1.82) is 0 Å². The molecule has 0 aliphatic carbocycles. The molecule has 3 saturated heterocycles. The van der Waals surface area contributed by atoms with E-state index in [1.807, 2.05) is 0 Å². The second kappa shape index (κ2) is 3.38. The largest absolute Gasteiger partial charge is 0.392 e. The maximum absolute atomic E-state index is 9.91. The van der Waals surface area contributed by atoms with Crippen molar-refractivity contribution in [3.8, 4) is 0 Å². The molecule has 0 bridgehead atoms. The molecule has 3 aliphatic heterocycles. The summed E-state index contributed by atoms with van der Waals surface area (Å²) in [5.41, 5.74) is 0. The minimum atomic E-state index is -0.983. The number of fused-ring (bicyclic) bond motifs is 3. The minimum absolute atomic E-state index is 0.178. The monoisotopic (exact) mass is 232 g/mol. The maximum Gasteiger partial charge on any atom is 0.190 e. The fourth-order valence-electron chi connectivity index (χ4n) is 2.60. The molecule has 3 heterocycles. The maximum atomic E-state index is 9.91. The van der Waals surface area contributed by atoms with Crippen LogP contribution in [0.1, 0.15) is 20.3 Å². The molecule has 6 nitrogen and oxygen atoms in total. The van der Waals surface area contributed by atoms with Crippen LogP contribution in [0.25, 0.3) is 0 Å². The molecule has 0 aromatic rings. The Morgan fingerprint density at radius 2 is 1.81 bits per heavy atom. The first kappa shape index (κ1) is 10.9. The molecular weight excluding hydrogens is 216 g/mol. The second-order valence-electron chi connectivity index (χ2n) is 4.94. The first-order valence-corrected chi connectivity index (χ1v) is 5.49. The molecule has 6 atom stereocenters. The fraction of sp³-hybridized carbons (Fsp3) is 1.00. The van der Waals surface area contributed by atoms with Crippen LogP contribution in [0.5, 0.6) is 0 Å². The van der Waals surface area contributed by atoms with Gasteiger partial charge in [-0.25, -0.2) is 0 Å². The normalized spacial score (nSPS) is 54.8. The molecule has 0 unspecified atom stereocenters. The average molecular weight is 232 g/mol.